The molecule has 3 heterocycles. The van der Waals surface area contributed by atoms with Crippen LogP contribution in [-0.2, 0) is 6.42 Å². The summed E-state index contributed by atoms with van der Waals surface area (Å²) in [6.07, 6.45) is 6.05. The van der Waals surface area contributed by atoms with Crippen molar-refractivity contribution in [3.63, 3.8) is 0 Å². The Labute approximate surface area is 134 Å². The molecule has 1 aliphatic heterocycles. The lowest BCUT2D eigenvalue weighted by Crippen LogP contribution is -2.30. The fourth-order valence-corrected chi connectivity index (χ4v) is 3.26. The third kappa shape index (κ3) is 2.78. The Kier molecular flexibility index (Phi) is 3.67. The van der Waals surface area contributed by atoms with Crippen LogP contribution in [0.2, 0.25) is 0 Å². The molecule has 6 heteroatoms. The van der Waals surface area contributed by atoms with E-state index in [0.29, 0.717) is 11.6 Å². The second kappa shape index (κ2) is 5.83. The lowest BCUT2D eigenvalue weighted by atomic mass is 10.1. The van der Waals surface area contributed by atoms with Gasteiger partial charge >= 0.3 is 0 Å². The van der Waals surface area contributed by atoms with Gasteiger partial charge in [-0.1, -0.05) is 17.2 Å². The largest absolute Gasteiger partial charge is 0.361 e. The zero-order valence-electron chi connectivity index (χ0n) is 13.3. The van der Waals surface area contributed by atoms with Gasteiger partial charge in [-0.15, -0.1) is 0 Å². The first kappa shape index (κ1) is 14.5. The minimum atomic E-state index is -0.0665. The number of carbonyl (C=O) groups excluding carboxylic acids is 1. The number of carbonyl (C=O) groups is 1. The van der Waals surface area contributed by atoms with E-state index in [1.54, 1.807) is 6.07 Å². The Morgan fingerprint density at radius 1 is 1.26 bits per heavy atom. The molecular weight excluding hydrogens is 294 g/mol. The molecule has 2 aromatic heterocycles. The summed E-state index contributed by atoms with van der Waals surface area (Å²) < 4.78 is 10.7. The molecular formula is C17H21N3O3. The number of nitrogens with zero attached hydrogens (tertiary/aromatic N) is 3. The van der Waals surface area contributed by atoms with Gasteiger partial charge in [0.15, 0.2) is 5.69 Å². The molecule has 0 unspecified atom stereocenters. The van der Waals surface area contributed by atoms with Crippen LogP contribution in [0.25, 0.3) is 0 Å². The molecule has 2 aromatic rings. The molecule has 0 radical (unpaired) electrons. The van der Waals surface area contributed by atoms with Gasteiger partial charge < -0.3 is 13.9 Å². The molecule has 1 saturated heterocycles. The Hall–Kier alpha value is -2.11. The van der Waals surface area contributed by atoms with Crippen molar-refractivity contribution in [3.05, 3.63) is 35.0 Å². The van der Waals surface area contributed by atoms with Crippen LogP contribution in [0.5, 0.6) is 0 Å². The maximum atomic E-state index is 12.8. The summed E-state index contributed by atoms with van der Waals surface area (Å²) in [5.41, 5.74) is 1.27. The maximum absolute atomic E-state index is 12.8. The van der Waals surface area contributed by atoms with Crippen molar-refractivity contribution in [3.8, 4) is 0 Å². The maximum Gasteiger partial charge on any atom is 0.276 e. The van der Waals surface area contributed by atoms with E-state index >= 15 is 0 Å². The molecule has 0 bridgehead atoms. The zero-order chi connectivity index (χ0) is 15.8. The van der Waals surface area contributed by atoms with Gasteiger partial charge in [0.1, 0.15) is 17.2 Å². The lowest BCUT2D eigenvalue weighted by Gasteiger charge is -2.21. The molecule has 1 saturated carbocycles. The highest BCUT2D eigenvalue weighted by atomic mass is 16.5. The van der Waals surface area contributed by atoms with E-state index in [0.717, 1.165) is 62.3 Å². The SMILES string of the molecule is CCCc1cc([C@H]2CCCN2C(=O)c2cc(C3CC3)on2)no1. The van der Waals surface area contributed by atoms with Gasteiger partial charge in [0, 0.05) is 31.0 Å². The van der Waals surface area contributed by atoms with E-state index < -0.39 is 0 Å². The summed E-state index contributed by atoms with van der Waals surface area (Å²) >= 11 is 0. The number of amides is 1. The Bertz CT molecular complexity index is 702. The third-order valence-electron chi connectivity index (χ3n) is 4.66. The number of hydrogen-bond donors (Lipinski definition) is 0. The molecule has 1 aliphatic carbocycles. The highest BCUT2D eigenvalue weighted by Gasteiger charge is 2.35. The van der Waals surface area contributed by atoms with Gasteiger partial charge in [0.2, 0.25) is 0 Å². The predicted octanol–water partition coefficient (Wildman–Crippen LogP) is 3.47. The van der Waals surface area contributed by atoms with E-state index in [9.17, 15) is 4.79 Å². The summed E-state index contributed by atoms with van der Waals surface area (Å²) in [5, 5.41) is 8.15. The molecule has 0 spiro atoms. The van der Waals surface area contributed by atoms with Gasteiger partial charge in [0.05, 0.1) is 6.04 Å². The van der Waals surface area contributed by atoms with Crippen molar-refractivity contribution in [2.24, 2.45) is 0 Å². The topological polar surface area (TPSA) is 72.4 Å². The van der Waals surface area contributed by atoms with Gasteiger partial charge in [-0.25, -0.2) is 0 Å². The molecule has 23 heavy (non-hydrogen) atoms. The van der Waals surface area contributed by atoms with E-state index in [-0.39, 0.29) is 11.9 Å². The van der Waals surface area contributed by atoms with E-state index in [4.69, 9.17) is 9.05 Å². The van der Waals surface area contributed by atoms with Crippen molar-refractivity contribution >= 4 is 5.91 Å². The fraction of sp³-hybridized carbons (Fsp3) is 0.588. The summed E-state index contributed by atoms with van der Waals surface area (Å²) in [6, 6.07) is 3.77. The average Bonchev–Trinajstić information content (AvgIpc) is 2.99. The second-order valence-corrected chi connectivity index (χ2v) is 6.51. The zero-order valence-corrected chi connectivity index (χ0v) is 13.3. The summed E-state index contributed by atoms with van der Waals surface area (Å²) in [6.45, 7) is 2.83. The minimum Gasteiger partial charge on any atom is -0.361 e. The summed E-state index contributed by atoms with van der Waals surface area (Å²) in [5.74, 6) is 2.13. The van der Waals surface area contributed by atoms with E-state index in [2.05, 4.69) is 17.2 Å². The first-order chi connectivity index (χ1) is 11.3. The molecule has 0 N–H and O–H groups in total. The molecule has 122 valence electrons. The van der Waals surface area contributed by atoms with Crippen molar-refractivity contribution in [2.45, 2.75) is 57.4 Å². The van der Waals surface area contributed by atoms with Crippen molar-refractivity contribution in [1.29, 1.82) is 0 Å². The smallest absolute Gasteiger partial charge is 0.276 e. The molecule has 6 nitrogen and oxygen atoms in total. The first-order valence-corrected chi connectivity index (χ1v) is 8.49. The fourth-order valence-electron chi connectivity index (χ4n) is 3.26. The molecule has 4 rings (SSSR count). The summed E-state index contributed by atoms with van der Waals surface area (Å²) in [7, 11) is 0. The highest BCUT2D eigenvalue weighted by molar-refractivity contribution is 5.92. The lowest BCUT2D eigenvalue weighted by molar-refractivity contribution is 0.0720. The predicted molar refractivity (Wildman–Crippen MR) is 82.0 cm³/mol. The Morgan fingerprint density at radius 2 is 2.13 bits per heavy atom. The minimum absolute atomic E-state index is 0.0158. The van der Waals surface area contributed by atoms with Crippen LogP contribution in [0.1, 0.15) is 78.7 Å². The van der Waals surface area contributed by atoms with Crippen LogP contribution in [0.15, 0.2) is 21.2 Å². The average molecular weight is 315 g/mol. The second-order valence-electron chi connectivity index (χ2n) is 6.51. The number of aromatic nitrogens is 2. The van der Waals surface area contributed by atoms with Crippen LogP contribution in [0.4, 0.5) is 0 Å². The summed E-state index contributed by atoms with van der Waals surface area (Å²) in [4.78, 5) is 14.6. The van der Waals surface area contributed by atoms with Crippen LogP contribution < -0.4 is 0 Å². The van der Waals surface area contributed by atoms with Crippen LogP contribution in [-0.4, -0.2) is 27.7 Å². The number of aryl methyl sites for hydroxylation is 1. The highest BCUT2D eigenvalue weighted by Crippen LogP contribution is 2.40. The molecule has 1 atom stereocenters. The van der Waals surface area contributed by atoms with E-state index in [1.807, 2.05) is 11.0 Å². The number of rotatable bonds is 5. The van der Waals surface area contributed by atoms with Gasteiger partial charge in [-0.3, -0.25) is 4.79 Å². The van der Waals surface area contributed by atoms with Crippen molar-refractivity contribution in [1.82, 2.24) is 15.2 Å². The number of hydrogen-bond acceptors (Lipinski definition) is 5. The standard InChI is InChI=1S/C17H21N3O3/c1-2-4-12-9-13(18-22-12)15-5-3-8-20(15)17(21)14-10-16(23-19-14)11-6-7-11/h9-11,15H,2-8H2,1H3/t15-/m1/s1. The molecule has 2 fully saturated rings. The normalized spacial score (nSPS) is 21.1. The Balaban J connectivity index is 1.52. The molecule has 1 amide bonds. The van der Waals surface area contributed by atoms with Crippen LogP contribution >= 0.6 is 0 Å². The van der Waals surface area contributed by atoms with Crippen molar-refractivity contribution < 1.29 is 13.8 Å². The quantitative estimate of drug-likeness (QED) is 0.844. The number of likely N-dealkylation sites (tertiary alicyclic amines) is 1. The van der Waals surface area contributed by atoms with Gasteiger partial charge in [-0.05, 0) is 32.1 Å². The monoisotopic (exact) mass is 315 g/mol. The van der Waals surface area contributed by atoms with Gasteiger partial charge in [0.25, 0.3) is 5.91 Å². The van der Waals surface area contributed by atoms with E-state index in [1.165, 1.54) is 0 Å². The van der Waals surface area contributed by atoms with Crippen LogP contribution in [0, 0.1) is 0 Å². The molecule has 2 aliphatic rings. The van der Waals surface area contributed by atoms with Crippen molar-refractivity contribution in [2.75, 3.05) is 6.54 Å². The van der Waals surface area contributed by atoms with Crippen LogP contribution in [0.3, 0.4) is 0 Å². The Morgan fingerprint density at radius 3 is 2.91 bits per heavy atom. The van der Waals surface area contributed by atoms with Gasteiger partial charge in [-0.2, -0.15) is 0 Å². The first-order valence-electron chi connectivity index (χ1n) is 8.49. The third-order valence-corrected chi connectivity index (χ3v) is 4.66. The molecule has 0 aromatic carbocycles.